The molecule has 0 spiro atoms. The fourth-order valence-electron chi connectivity index (χ4n) is 8.21. The number of fused-ring (bicyclic) bond motifs is 5. The van der Waals surface area contributed by atoms with Gasteiger partial charge >= 0.3 is 0 Å². The van der Waals surface area contributed by atoms with Crippen LogP contribution in [0.4, 0.5) is 0 Å². The second kappa shape index (κ2) is 5.74. The number of aliphatic hydroxyl groups excluding tert-OH is 1. The Kier molecular flexibility index (Phi) is 4.10. The van der Waals surface area contributed by atoms with Crippen LogP contribution in [0.1, 0.15) is 78.6 Å². The average molecular weight is 345 g/mol. The summed E-state index contributed by atoms with van der Waals surface area (Å²) in [6.07, 6.45) is 15.8. The van der Waals surface area contributed by atoms with Crippen LogP contribution in [0.15, 0.2) is 0 Å². The first-order chi connectivity index (χ1) is 11.7. The highest BCUT2D eigenvalue weighted by Crippen LogP contribution is 2.68. The normalized spacial score (nSPS) is 56.2. The van der Waals surface area contributed by atoms with Crippen molar-refractivity contribution in [3.8, 4) is 12.3 Å². The van der Waals surface area contributed by atoms with Crippen molar-refractivity contribution in [3.05, 3.63) is 0 Å². The molecular formula is C23H36O2. The van der Waals surface area contributed by atoms with Crippen molar-refractivity contribution in [1.29, 1.82) is 0 Å². The van der Waals surface area contributed by atoms with Gasteiger partial charge in [-0.1, -0.05) is 19.8 Å². The van der Waals surface area contributed by atoms with Crippen LogP contribution in [-0.2, 0) is 0 Å². The molecule has 140 valence electrons. The molecule has 4 fully saturated rings. The summed E-state index contributed by atoms with van der Waals surface area (Å²) in [7, 11) is 0. The third kappa shape index (κ3) is 2.45. The summed E-state index contributed by atoms with van der Waals surface area (Å²) in [5, 5.41) is 21.0. The molecular weight excluding hydrogens is 308 g/mol. The SMILES string of the molecule is C#C[C@@]1(O)CC[C@]2(C)C3CC[C@@]4(C)C(CC[C@@H]4[C@@H](C)O)C3CC[C@H]2C1. The zero-order chi connectivity index (χ0) is 18.0. The molecule has 0 saturated heterocycles. The van der Waals surface area contributed by atoms with Crippen LogP contribution in [0.2, 0.25) is 0 Å². The first kappa shape index (κ1) is 17.9. The van der Waals surface area contributed by atoms with Crippen molar-refractivity contribution in [2.24, 2.45) is 40.4 Å². The van der Waals surface area contributed by atoms with Crippen LogP contribution in [0.25, 0.3) is 0 Å². The van der Waals surface area contributed by atoms with E-state index in [0.29, 0.717) is 22.7 Å². The quantitative estimate of drug-likeness (QED) is 0.693. The Balaban J connectivity index is 1.59. The van der Waals surface area contributed by atoms with E-state index >= 15 is 0 Å². The maximum absolute atomic E-state index is 10.7. The number of terminal acetylenes is 1. The summed E-state index contributed by atoms with van der Waals surface area (Å²) in [4.78, 5) is 0. The molecule has 2 nitrogen and oxygen atoms in total. The molecule has 4 saturated carbocycles. The van der Waals surface area contributed by atoms with Gasteiger partial charge in [0.25, 0.3) is 0 Å². The smallest absolute Gasteiger partial charge is 0.125 e. The van der Waals surface area contributed by atoms with Crippen molar-refractivity contribution in [1.82, 2.24) is 0 Å². The van der Waals surface area contributed by atoms with E-state index < -0.39 is 5.60 Å². The van der Waals surface area contributed by atoms with Crippen molar-refractivity contribution in [2.75, 3.05) is 0 Å². The largest absolute Gasteiger partial charge is 0.393 e. The standard InChI is InChI=1S/C23H36O2/c1-5-23(25)13-12-21(3)16(14-23)6-7-17-19-9-8-18(15(2)24)22(19,4)11-10-20(17)21/h1,15-20,24-25H,6-14H2,2-4H3/t15-,16+,17?,18-,19?,20?,21+,22-,23-/m1/s1. The summed E-state index contributed by atoms with van der Waals surface area (Å²) in [5.41, 5.74) is -0.159. The molecule has 0 aromatic heterocycles. The Hall–Kier alpha value is -0.520. The van der Waals surface area contributed by atoms with Gasteiger partial charge in [0.05, 0.1) is 6.10 Å². The maximum atomic E-state index is 10.7. The first-order valence-electron chi connectivity index (χ1n) is 10.6. The maximum Gasteiger partial charge on any atom is 0.125 e. The van der Waals surface area contributed by atoms with Crippen LogP contribution in [0.3, 0.4) is 0 Å². The number of aliphatic hydroxyl groups is 2. The third-order valence-corrected chi connectivity index (χ3v) is 9.65. The number of hydrogen-bond acceptors (Lipinski definition) is 2. The highest BCUT2D eigenvalue weighted by atomic mass is 16.3. The van der Waals surface area contributed by atoms with Crippen molar-refractivity contribution < 1.29 is 10.2 Å². The zero-order valence-corrected chi connectivity index (χ0v) is 16.3. The lowest BCUT2D eigenvalue weighted by molar-refractivity contribution is -0.142. The summed E-state index contributed by atoms with van der Waals surface area (Å²) >= 11 is 0. The summed E-state index contributed by atoms with van der Waals surface area (Å²) in [6, 6.07) is 0. The van der Waals surface area contributed by atoms with Gasteiger partial charge in [0.1, 0.15) is 5.60 Å². The molecule has 4 aliphatic carbocycles. The molecule has 9 atom stereocenters. The summed E-state index contributed by atoms with van der Waals surface area (Å²) < 4.78 is 0. The van der Waals surface area contributed by atoms with Crippen molar-refractivity contribution in [2.45, 2.75) is 90.3 Å². The molecule has 0 bridgehead atoms. The molecule has 0 aromatic rings. The second-order valence-electron chi connectivity index (χ2n) is 10.5. The van der Waals surface area contributed by atoms with E-state index in [2.05, 4.69) is 19.8 Å². The molecule has 2 heteroatoms. The van der Waals surface area contributed by atoms with Gasteiger partial charge in [-0.05, 0) is 105 Å². The van der Waals surface area contributed by atoms with Crippen LogP contribution in [0.5, 0.6) is 0 Å². The van der Waals surface area contributed by atoms with Gasteiger partial charge in [-0.3, -0.25) is 0 Å². The van der Waals surface area contributed by atoms with Gasteiger partial charge in [-0.2, -0.15) is 0 Å². The van der Waals surface area contributed by atoms with E-state index in [1.165, 1.54) is 38.5 Å². The van der Waals surface area contributed by atoms with Gasteiger partial charge in [0, 0.05) is 0 Å². The Morgan fingerprint density at radius 3 is 2.36 bits per heavy atom. The van der Waals surface area contributed by atoms with Gasteiger partial charge in [-0.25, -0.2) is 0 Å². The molecule has 0 heterocycles. The number of rotatable bonds is 1. The van der Waals surface area contributed by atoms with Crippen molar-refractivity contribution >= 4 is 0 Å². The summed E-state index contributed by atoms with van der Waals surface area (Å²) in [5.74, 6) is 6.16. The van der Waals surface area contributed by atoms with E-state index in [0.717, 1.165) is 37.0 Å². The molecule has 4 aliphatic rings. The molecule has 25 heavy (non-hydrogen) atoms. The minimum atomic E-state index is -0.856. The molecule has 4 rings (SSSR count). The Bertz CT molecular complexity index is 577. The highest BCUT2D eigenvalue weighted by molar-refractivity contribution is 5.16. The van der Waals surface area contributed by atoms with Crippen LogP contribution < -0.4 is 0 Å². The van der Waals surface area contributed by atoms with Gasteiger partial charge in [-0.15, -0.1) is 6.42 Å². The lowest BCUT2D eigenvalue weighted by Gasteiger charge is -2.61. The predicted octanol–water partition coefficient (Wildman–Crippen LogP) is 4.39. The van der Waals surface area contributed by atoms with Crippen molar-refractivity contribution in [3.63, 3.8) is 0 Å². The fourth-order valence-corrected chi connectivity index (χ4v) is 8.21. The first-order valence-corrected chi connectivity index (χ1v) is 10.6. The lowest BCUT2D eigenvalue weighted by Crippen LogP contribution is -2.56. The van der Waals surface area contributed by atoms with E-state index in [1.807, 2.05) is 6.92 Å². The molecule has 0 amide bonds. The molecule has 0 radical (unpaired) electrons. The average Bonchev–Trinajstić information content (AvgIpc) is 2.93. The Labute approximate surface area is 153 Å². The van der Waals surface area contributed by atoms with Crippen LogP contribution >= 0.6 is 0 Å². The Morgan fingerprint density at radius 1 is 0.960 bits per heavy atom. The number of hydrogen-bond donors (Lipinski definition) is 2. The zero-order valence-electron chi connectivity index (χ0n) is 16.3. The topological polar surface area (TPSA) is 40.5 Å². The minimum absolute atomic E-state index is 0.168. The van der Waals surface area contributed by atoms with Gasteiger partial charge < -0.3 is 10.2 Å². The lowest BCUT2D eigenvalue weighted by atomic mass is 9.44. The van der Waals surface area contributed by atoms with Crippen LogP contribution in [-0.4, -0.2) is 21.9 Å². The van der Waals surface area contributed by atoms with E-state index in [1.54, 1.807) is 0 Å². The van der Waals surface area contributed by atoms with Gasteiger partial charge in [0.15, 0.2) is 0 Å². The molecule has 3 unspecified atom stereocenters. The summed E-state index contributed by atoms with van der Waals surface area (Å²) in [6.45, 7) is 6.99. The Morgan fingerprint density at radius 2 is 1.68 bits per heavy atom. The minimum Gasteiger partial charge on any atom is -0.393 e. The van der Waals surface area contributed by atoms with E-state index in [9.17, 15) is 10.2 Å². The van der Waals surface area contributed by atoms with E-state index in [4.69, 9.17) is 6.42 Å². The predicted molar refractivity (Wildman–Crippen MR) is 101 cm³/mol. The highest BCUT2D eigenvalue weighted by Gasteiger charge is 2.61. The fraction of sp³-hybridized carbons (Fsp3) is 0.913. The molecule has 2 N–H and O–H groups in total. The molecule has 0 aromatic carbocycles. The third-order valence-electron chi connectivity index (χ3n) is 9.65. The molecule has 0 aliphatic heterocycles. The second-order valence-corrected chi connectivity index (χ2v) is 10.5. The van der Waals surface area contributed by atoms with E-state index in [-0.39, 0.29) is 6.10 Å². The van der Waals surface area contributed by atoms with Crippen LogP contribution in [0, 0.1) is 52.8 Å². The monoisotopic (exact) mass is 344 g/mol. The van der Waals surface area contributed by atoms with Gasteiger partial charge in [0.2, 0.25) is 0 Å².